The highest BCUT2D eigenvalue weighted by molar-refractivity contribution is 7.79. The number of hydrogen-bond acceptors (Lipinski definition) is 6. The number of nitrogens with zero attached hydrogens (tertiary/aromatic N) is 5. The summed E-state index contributed by atoms with van der Waals surface area (Å²) in [7, 11) is -4.67. The number of aromatic nitrogens is 3. The molecule has 0 spiro atoms. The SMILES string of the molecule is CCn1c(C(C)C)cc2c(N3CCCC3)nc(N3CCCC3)nc21.O=S(=O)(O)O. The Bertz CT molecular complexity index is 937. The fraction of sp³-hybridized carbons (Fsp3) is 0.684. The fourth-order valence-corrected chi connectivity index (χ4v) is 4.16. The van der Waals surface area contributed by atoms with Crippen LogP contribution >= 0.6 is 0 Å². The Labute approximate surface area is 172 Å². The first-order valence-electron chi connectivity index (χ1n) is 10.3. The highest BCUT2D eigenvalue weighted by atomic mass is 32.3. The van der Waals surface area contributed by atoms with Crippen LogP contribution < -0.4 is 9.80 Å². The van der Waals surface area contributed by atoms with Gasteiger partial charge in [-0.05, 0) is 44.6 Å². The molecule has 10 heteroatoms. The summed E-state index contributed by atoms with van der Waals surface area (Å²) in [6, 6.07) is 2.34. The predicted octanol–water partition coefficient (Wildman–Crippen LogP) is 3.12. The Kier molecular flexibility index (Phi) is 6.65. The minimum Gasteiger partial charge on any atom is -0.356 e. The van der Waals surface area contributed by atoms with Crippen LogP contribution in [0.25, 0.3) is 11.0 Å². The highest BCUT2D eigenvalue weighted by Crippen LogP contribution is 2.34. The Morgan fingerprint density at radius 1 is 1.00 bits per heavy atom. The van der Waals surface area contributed by atoms with Crippen molar-refractivity contribution >= 4 is 33.2 Å². The molecular weight excluding hydrogens is 394 g/mol. The average molecular weight is 426 g/mol. The number of aryl methyl sites for hydroxylation is 1. The lowest BCUT2D eigenvalue weighted by Gasteiger charge is -2.21. The molecule has 2 aliphatic heterocycles. The zero-order valence-corrected chi connectivity index (χ0v) is 18.2. The topological polar surface area (TPSA) is 112 Å². The summed E-state index contributed by atoms with van der Waals surface area (Å²) >= 11 is 0. The van der Waals surface area contributed by atoms with E-state index in [0.717, 1.165) is 50.1 Å². The van der Waals surface area contributed by atoms with E-state index in [1.165, 1.54) is 36.8 Å². The van der Waals surface area contributed by atoms with E-state index in [2.05, 4.69) is 41.2 Å². The Morgan fingerprint density at radius 2 is 1.52 bits per heavy atom. The molecule has 0 saturated carbocycles. The van der Waals surface area contributed by atoms with Gasteiger partial charge in [-0.3, -0.25) is 9.11 Å². The van der Waals surface area contributed by atoms with Gasteiger partial charge in [0.25, 0.3) is 0 Å². The zero-order chi connectivity index (χ0) is 21.2. The summed E-state index contributed by atoms with van der Waals surface area (Å²) in [5, 5.41) is 1.24. The molecule has 2 saturated heterocycles. The van der Waals surface area contributed by atoms with E-state index in [-0.39, 0.29) is 0 Å². The molecule has 9 nitrogen and oxygen atoms in total. The molecule has 2 aliphatic rings. The molecule has 0 radical (unpaired) electrons. The van der Waals surface area contributed by atoms with Crippen molar-refractivity contribution in [3.8, 4) is 0 Å². The van der Waals surface area contributed by atoms with Gasteiger partial charge in [-0.25, -0.2) is 0 Å². The van der Waals surface area contributed by atoms with E-state index in [1.807, 2.05) is 0 Å². The van der Waals surface area contributed by atoms with Gasteiger partial charge in [0.15, 0.2) is 0 Å². The monoisotopic (exact) mass is 425 g/mol. The van der Waals surface area contributed by atoms with Gasteiger partial charge in [-0.1, -0.05) is 13.8 Å². The van der Waals surface area contributed by atoms with Crippen molar-refractivity contribution in [3.05, 3.63) is 11.8 Å². The third-order valence-electron chi connectivity index (χ3n) is 5.46. The second-order valence-corrected chi connectivity index (χ2v) is 8.78. The lowest BCUT2D eigenvalue weighted by Crippen LogP contribution is -2.24. The summed E-state index contributed by atoms with van der Waals surface area (Å²) in [6.07, 6.45) is 5.06. The normalized spacial score (nSPS) is 17.3. The molecule has 2 fully saturated rings. The van der Waals surface area contributed by atoms with Gasteiger partial charge in [-0.2, -0.15) is 18.4 Å². The Hall–Kier alpha value is -1.91. The fourth-order valence-electron chi connectivity index (χ4n) is 4.16. The van der Waals surface area contributed by atoms with E-state index in [4.69, 9.17) is 27.5 Å². The molecule has 4 rings (SSSR count). The lowest BCUT2D eigenvalue weighted by molar-refractivity contribution is 0.381. The maximum absolute atomic E-state index is 8.74. The van der Waals surface area contributed by atoms with Crippen molar-refractivity contribution in [2.75, 3.05) is 36.0 Å². The van der Waals surface area contributed by atoms with Gasteiger partial charge in [0.2, 0.25) is 5.95 Å². The summed E-state index contributed by atoms with van der Waals surface area (Å²) in [5.74, 6) is 2.60. The van der Waals surface area contributed by atoms with Crippen molar-refractivity contribution in [2.24, 2.45) is 0 Å². The van der Waals surface area contributed by atoms with Crippen molar-refractivity contribution in [3.63, 3.8) is 0 Å². The molecule has 162 valence electrons. The van der Waals surface area contributed by atoms with Crippen molar-refractivity contribution in [2.45, 2.75) is 58.9 Å². The summed E-state index contributed by atoms with van der Waals surface area (Å²) < 4.78 is 34.0. The van der Waals surface area contributed by atoms with E-state index in [1.54, 1.807) is 0 Å². The standard InChI is InChI=1S/C19H29N5.H2O4S/c1-4-24-16(14(2)3)13-15-17(22-9-5-6-10-22)20-19(21-18(15)24)23-11-7-8-12-23;1-5(2,3)4/h13-14H,4-12H2,1-3H3;(H2,1,2,3,4). The molecule has 4 heterocycles. The zero-order valence-electron chi connectivity index (χ0n) is 17.4. The van der Waals surface area contributed by atoms with Gasteiger partial charge in [0.05, 0.1) is 5.39 Å². The summed E-state index contributed by atoms with van der Waals surface area (Å²) in [5.41, 5.74) is 2.50. The molecule has 0 atom stereocenters. The van der Waals surface area contributed by atoms with Crippen LogP contribution in [-0.4, -0.2) is 58.2 Å². The minimum absolute atomic E-state index is 0.501. The van der Waals surface area contributed by atoms with Crippen LogP contribution in [0.15, 0.2) is 6.07 Å². The largest absolute Gasteiger partial charge is 0.394 e. The molecule has 2 aromatic rings. The number of hydrogen-bond donors (Lipinski definition) is 2. The van der Waals surface area contributed by atoms with E-state index in [0.29, 0.717) is 5.92 Å². The second-order valence-electron chi connectivity index (χ2n) is 7.89. The van der Waals surface area contributed by atoms with E-state index >= 15 is 0 Å². The number of fused-ring (bicyclic) bond motifs is 1. The molecule has 0 aliphatic carbocycles. The van der Waals surface area contributed by atoms with E-state index in [9.17, 15) is 0 Å². The quantitative estimate of drug-likeness (QED) is 0.719. The first kappa shape index (κ1) is 21.8. The van der Waals surface area contributed by atoms with Gasteiger partial charge < -0.3 is 14.4 Å². The third kappa shape index (κ3) is 5.18. The third-order valence-corrected chi connectivity index (χ3v) is 5.46. The first-order valence-corrected chi connectivity index (χ1v) is 11.7. The molecule has 2 N–H and O–H groups in total. The molecular formula is C19H31N5O4S. The lowest BCUT2D eigenvalue weighted by atomic mass is 10.1. The maximum Gasteiger partial charge on any atom is 0.394 e. The van der Waals surface area contributed by atoms with E-state index < -0.39 is 10.4 Å². The molecule has 2 aromatic heterocycles. The van der Waals surface area contributed by atoms with Crippen LogP contribution in [0.2, 0.25) is 0 Å². The molecule has 0 bridgehead atoms. The molecule has 29 heavy (non-hydrogen) atoms. The summed E-state index contributed by atoms with van der Waals surface area (Å²) in [4.78, 5) is 14.9. The van der Waals surface area contributed by atoms with Gasteiger partial charge in [0, 0.05) is 38.4 Å². The van der Waals surface area contributed by atoms with Crippen LogP contribution in [0.3, 0.4) is 0 Å². The number of anilines is 2. The van der Waals surface area contributed by atoms with Crippen LogP contribution in [0, 0.1) is 0 Å². The van der Waals surface area contributed by atoms with Gasteiger partial charge in [-0.15, -0.1) is 0 Å². The molecule has 0 aromatic carbocycles. The van der Waals surface area contributed by atoms with Crippen molar-refractivity contribution < 1.29 is 17.5 Å². The average Bonchev–Trinajstić information content (AvgIpc) is 3.38. The smallest absolute Gasteiger partial charge is 0.356 e. The Morgan fingerprint density at radius 3 is 2.00 bits per heavy atom. The molecule has 0 amide bonds. The van der Waals surface area contributed by atoms with Crippen LogP contribution in [0.1, 0.15) is 58.1 Å². The van der Waals surface area contributed by atoms with Crippen LogP contribution in [-0.2, 0) is 16.9 Å². The highest BCUT2D eigenvalue weighted by Gasteiger charge is 2.25. The van der Waals surface area contributed by atoms with Crippen LogP contribution in [0.5, 0.6) is 0 Å². The molecule has 0 unspecified atom stereocenters. The Balaban J connectivity index is 0.000000431. The minimum atomic E-state index is -4.67. The maximum atomic E-state index is 8.74. The van der Waals surface area contributed by atoms with Crippen molar-refractivity contribution in [1.82, 2.24) is 14.5 Å². The predicted molar refractivity (Wildman–Crippen MR) is 114 cm³/mol. The van der Waals surface area contributed by atoms with Crippen molar-refractivity contribution in [1.29, 1.82) is 0 Å². The van der Waals surface area contributed by atoms with Gasteiger partial charge >= 0.3 is 10.4 Å². The van der Waals surface area contributed by atoms with Crippen LogP contribution in [0.4, 0.5) is 11.8 Å². The number of rotatable bonds is 4. The van der Waals surface area contributed by atoms with Gasteiger partial charge in [0.1, 0.15) is 11.5 Å². The first-order chi connectivity index (χ1) is 13.7. The summed E-state index contributed by atoms with van der Waals surface area (Å²) in [6.45, 7) is 12.2. The second kappa shape index (κ2) is 8.85.